The summed E-state index contributed by atoms with van der Waals surface area (Å²) >= 11 is 0. The third-order valence-electron chi connectivity index (χ3n) is 4.23. The van der Waals surface area contributed by atoms with Crippen LogP contribution in [0.15, 0.2) is 72.8 Å². The first kappa shape index (κ1) is 14.2. The van der Waals surface area contributed by atoms with E-state index in [1.165, 1.54) is 0 Å². The zero-order valence-corrected chi connectivity index (χ0v) is 12.8. The van der Waals surface area contributed by atoms with Crippen LogP contribution in [0.3, 0.4) is 0 Å². The molecule has 3 heteroatoms. The first-order valence-corrected chi connectivity index (χ1v) is 7.67. The van der Waals surface area contributed by atoms with Crippen molar-refractivity contribution in [3.05, 3.63) is 95.1 Å². The molecule has 0 aliphatic heterocycles. The molecule has 3 aromatic carbocycles. The summed E-state index contributed by atoms with van der Waals surface area (Å²) in [7, 11) is 0. The number of nitriles is 1. The van der Waals surface area contributed by atoms with Crippen LogP contribution in [0, 0.1) is 11.3 Å². The predicted molar refractivity (Wildman–Crippen MR) is 90.3 cm³/mol. The second-order valence-electron chi connectivity index (χ2n) is 5.65. The van der Waals surface area contributed by atoms with E-state index < -0.39 is 12.1 Å². The molecule has 0 N–H and O–H groups in total. The number of rotatable bonds is 2. The second-order valence-corrected chi connectivity index (χ2v) is 5.65. The van der Waals surface area contributed by atoms with E-state index in [4.69, 9.17) is 10.00 Å². The maximum absolute atomic E-state index is 12.6. The average molecular weight is 311 g/mol. The van der Waals surface area contributed by atoms with Crippen LogP contribution in [0.1, 0.15) is 33.2 Å². The van der Waals surface area contributed by atoms with Gasteiger partial charge in [-0.05, 0) is 29.3 Å². The van der Waals surface area contributed by atoms with Crippen molar-refractivity contribution in [3.63, 3.8) is 0 Å². The lowest BCUT2D eigenvalue weighted by Crippen LogP contribution is -2.11. The molecule has 0 unspecified atom stereocenters. The standard InChI is InChI=1S/C21H13NO2/c22-13-14-6-5-7-15(12-14)21(23)24-20-18-10-3-1-8-16(18)17-9-2-4-11-19(17)20/h1-12,20H. The van der Waals surface area contributed by atoms with Crippen LogP contribution in [0.5, 0.6) is 0 Å². The van der Waals surface area contributed by atoms with Crippen LogP contribution in [-0.4, -0.2) is 5.97 Å². The number of hydrogen-bond donors (Lipinski definition) is 0. The first-order valence-electron chi connectivity index (χ1n) is 7.67. The Hall–Kier alpha value is -3.38. The largest absolute Gasteiger partial charge is 0.449 e. The lowest BCUT2D eigenvalue weighted by molar-refractivity contribution is 0.0385. The summed E-state index contributed by atoms with van der Waals surface area (Å²) in [5.41, 5.74) is 4.99. The number of carbonyl (C=O) groups is 1. The van der Waals surface area contributed by atoms with Crippen LogP contribution in [0.2, 0.25) is 0 Å². The monoisotopic (exact) mass is 311 g/mol. The van der Waals surface area contributed by atoms with Crippen molar-refractivity contribution in [1.82, 2.24) is 0 Å². The van der Waals surface area contributed by atoms with Crippen molar-refractivity contribution in [1.29, 1.82) is 5.26 Å². The number of carbonyl (C=O) groups excluding carboxylic acids is 1. The molecule has 0 bridgehead atoms. The molecule has 0 radical (unpaired) electrons. The van der Waals surface area contributed by atoms with Gasteiger partial charge in [-0.1, -0.05) is 54.6 Å². The van der Waals surface area contributed by atoms with E-state index in [-0.39, 0.29) is 0 Å². The van der Waals surface area contributed by atoms with E-state index in [0.29, 0.717) is 11.1 Å². The van der Waals surface area contributed by atoms with Crippen molar-refractivity contribution >= 4 is 5.97 Å². The summed E-state index contributed by atoms with van der Waals surface area (Å²) in [6, 6.07) is 24.5. The molecule has 0 atom stereocenters. The number of nitrogens with zero attached hydrogens (tertiary/aromatic N) is 1. The molecule has 0 aromatic heterocycles. The van der Waals surface area contributed by atoms with E-state index in [1.807, 2.05) is 54.6 Å². The zero-order chi connectivity index (χ0) is 16.5. The summed E-state index contributed by atoms with van der Waals surface area (Å²) < 4.78 is 5.80. The molecule has 0 amide bonds. The molecular weight excluding hydrogens is 298 g/mol. The van der Waals surface area contributed by atoms with E-state index >= 15 is 0 Å². The Kier molecular flexibility index (Phi) is 3.36. The van der Waals surface area contributed by atoms with Gasteiger partial charge >= 0.3 is 5.97 Å². The fourth-order valence-electron chi connectivity index (χ4n) is 3.13. The van der Waals surface area contributed by atoms with Gasteiger partial charge in [0.2, 0.25) is 0 Å². The number of hydrogen-bond acceptors (Lipinski definition) is 3. The van der Waals surface area contributed by atoms with E-state index in [1.54, 1.807) is 24.3 Å². The molecule has 0 spiro atoms. The van der Waals surface area contributed by atoms with Crippen LogP contribution in [-0.2, 0) is 4.74 Å². The van der Waals surface area contributed by atoms with Crippen molar-refractivity contribution < 1.29 is 9.53 Å². The number of esters is 1. The molecule has 4 rings (SSSR count). The van der Waals surface area contributed by atoms with E-state index in [2.05, 4.69) is 0 Å². The van der Waals surface area contributed by atoms with Gasteiger partial charge in [-0.3, -0.25) is 0 Å². The van der Waals surface area contributed by atoms with Gasteiger partial charge in [0, 0.05) is 11.1 Å². The maximum atomic E-state index is 12.6. The molecule has 0 heterocycles. The summed E-state index contributed by atoms with van der Waals surface area (Å²) in [6.07, 6.45) is -0.421. The van der Waals surface area contributed by atoms with E-state index in [9.17, 15) is 4.79 Å². The minimum Gasteiger partial charge on any atom is -0.449 e. The molecule has 0 saturated carbocycles. The maximum Gasteiger partial charge on any atom is 0.339 e. The van der Waals surface area contributed by atoms with Crippen LogP contribution in [0.4, 0.5) is 0 Å². The second kappa shape index (κ2) is 5.68. The molecule has 24 heavy (non-hydrogen) atoms. The highest BCUT2D eigenvalue weighted by atomic mass is 16.5. The van der Waals surface area contributed by atoms with Gasteiger partial charge in [0.05, 0.1) is 17.2 Å². The third kappa shape index (κ3) is 2.26. The molecule has 3 aromatic rings. The SMILES string of the molecule is N#Cc1cccc(C(=O)OC2c3ccccc3-c3ccccc32)c1. The van der Waals surface area contributed by atoms with Crippen molar-refractivity contribution in [2.75, 3.05) is 0 Å². The Labute approximate surface area is 139 Å². The van der Waals surface area contributed by atoms with E-state index in [0.717, 1.165) is 22.3 Å². The lowest BCUT2D eigenvalue weighted by Gasteiger charge is -2.15. The van der Waals surface area contributed by atoms with Gasteiger partial charge in [0.25, 0.3) is 0 Å². The minimum atomic E-state index is -0.427. The minimum absolute atomic E-state index is 0.385. The Morgan fingerprint density at radius 1 is 0.875 bits per heavy atom. The Morgan fingerprint density at radius 2 is 1.50 bits per heavy atom. The fourth-order valence-corrected chi connectivity index (χ4v) is 3.13. The van der Waals surface area contributed by atoms with Crippen molar-refractivity contribution in [2.45, 2.75) is 6.10 Å². The van der Waals surface area contributed by atoms with Gasteiger partial charge in [-0.2, -0.15) is 5.26 Å². The van der Waals surface area contributed by atoms with Crippen LogP contribution < -0.4 is 0 Å². The fraction of sp³-hybridized carbons (Fsp3) is 0.0476. The predicted octanol–water partition coefficient (Wildman–Crippen LogP) is 4.49. The van der Waals surface area contributed by atoms with Crippen LogP contribution in [0.25, 0.3) is 11.1 Å². The summed E-state index contributed by atoms with van der Waals surface area (Å²) in [5, 5.41) is 8.99. The molecular formula is C21H13NO2. The first-order chi connectivity index (χ1) is 11.8. The molecule has 3 nitrogen and oxygen atoms in total. The summed E-state index contributed by atoms with van der Waals surface area (Å²) in [4.78, 5) is 12.6. The highest BCUT2D eigenvalue weighted by Gasteiger charge is 2.31. The quantitative estimate of drug-likeness (QED) is 0.655. The smallest absolute Gasteiger partial charge is 0.339 e. The van der Waals surface area contributed by atoms with Gasteiger partial charge in [0.1, 0.15) is 0 Å². The highest BCUT2D eigenvalue weighted by molar-refractivity contribution is 5.91. The third-order valence-corrected chi connectivity index (χ3v) is 4.23. The topological polar surface area (TPSA) is 50.1 Å². The van der Waals surface area contributed by atoms with Crippen LogP contribution >= 0.6 is 0 Å². The van der Waals surface area contributed by atoms with Crippen molar-refractivity contribution in [3.8, 4) is 17.2 Å². The van der Waals surface area contributed by atoms with Gasteiger partial charge in [0.15, 0.2) is 6.10 Å². The number of benzene rings is 3. The lowest BCUT2D eigenvalue weighted by atomic mass is 10.1. The molecule has 1 aliphatic carbocycles. The zero-order valence-electron chi connectivity index (χ0n) is 12.8. The molecule has 1 aliphatic rings. The Morgan fingerprint density at radius 3 is 2.12 bits per heavy atom. The van der Waals surface area contributed by atoms with Gasteiger partial charge < -0.3 is 4.74 Å². The molecule has 114 valence electrons. The summed E-state index contributed by atoms with van der Waals surface area (Å²) in [5.74, 6) is -0.427. The number of ether oxygens (including phenoxy) is 1. The van der Waals surface area contributed by atoms with Gasteiger partial charge in [-0.25, -0.2) is 4.79 Å². The normalized spacial score (nSPS) is 12.1. The Bertz CT molecular complexity index is 939. The van der Waals surface area contributed by atoms with Crippen molar-refractivity contribution in [2.24, 2.45) is 0 Å². The Balaban J connectivity index is 1.72. The molecule has 0 saturated heterocycles. The average Bonchev–Trinajstić information content (AvgIpc) is 2.96. The highest BCUT2D eigenvalue weighted by Crippen LogP contribution is 2.45. The summed E-state index contributed by atoms with van der Waals surface area (Å²) in [6.45, 7) is 0. The van der Waals surface area contributed by atoms with Gasteiger partial charge in [-0.15, -0.1) is 0 Å². The molecule has 0 fully saturated rings. The number of fused-ring (bicyclic) bond motifs is 3.